The van der Waals surface area contributed by atoms with E-state index < -0.39 is 11.7 Å². The molecule has 1 N–H and O–H groups in total. The summed E-state index contributed by atoms with van der Waals surface area (Å²) in [6.45, 7) is 6.85. The van der Waals surface area contributed by atoms with Crippen LogP contribution in [0.1, 0.15) is 65.1 Å². The molecule has 3 rings (SSSR count). The molecule has 0 fully saturated rings. The van der Waals surface area contributed by atoms with Gasteiger partial charge in [-0.25, -0.2) is 0 Å². The molecule has 0 radical (unpaired) electrons. The molecule has 0 bridgehead atoms. The number of hydrogen-bond acceptors (Lipinski definition) is 1. The Morgan fingerprint density at radius 1 is 1.21 bits per heavy atom. The molecule has 1 aliphatic rings. The first-order valence-corrected chi connectivity index (χ1v) is 9.83. The molecule has 1 aromatic heterocycles. The summed E-state index contributed by atoms with van der Waals surface area (Å²) in [5.74, 6) is 0.179. The lowest BCUT2D eigenvalue weighted by atomic mass is 9.95. The van der Waals surface area contributed by atoms with Gasteiger partial charge in [-0.05, 0) is 67.3 Å². The molecule has 0 saturated heterocycles. The van der Waals surface area contributed by atoms with E-state index in [1.54, 1.807) is 6.07 Å². The van der Waals surface area contributed by atoms with Gasteiger partial charge in [0.05, 0.1) is 5.56 Å². The number of fused-ring (bicyclic) bond motifs is 1. The normalized spacial score (nSPS) is 14.2. The Labute approximate surface area is 163 Å². The van der Waals surface area contributed by atoms with Gasteiger partial charge in [-0.15, -0.1) is 0 Å². The number of carbonyl (C=O) groups excluding carboxylic acids is 1. The largest absolute Gasteiger partial charge is 0.416 e. The van der Waals surface area contributed by atoms with Crippen LogP contribution >= 0.6 is 0 Å². The number of benzene rings is 1. The fourth-order valence-electron chi connectivity index (χ4n) is 3.95. The number of aromatic nitrogens is 1. The van der Waals surface area contributed by atoms with Crippen LogP contribution in [0.3, 0.4) is 0 Å². The third-order valence-electron chi connectivity index (χ3n) is 5.32. The van der Waals surface area contributed by atoms with E-state index in [1.807, 2.05) is 25.3 Å². The van der Waals surface area contributed by atoms with Crippen LogP contribution in [0.15, 0.2) is 24.3 Å². The molecule has 28 heavy (non-hydrogen) atoms. The molecule has 0 unspecified atom stereocenters. The summed E-state index contributed by atoms with van der Waals surface area (Å²) >= 11 is 0. The van der Waals surface area contributed by atoms with Crippen molar-refractivity contribution in [1.82, 2.24) is 9.88 Å². The predicted octanol–water partition coefficient (Wildman–Crippen LogP) is 5.13. The zero-order chi connectivity index (χ0) is 20.5. The third kappa shape index (κ3) is 4.26. The van der Waals surface area contributed by atoms with E-state index in [-0.39, 0.29) is 12.5 Å². The average molecular weight is 392 g/mol. The third-order valence-corrected chi connectivity index (χ3v) is 5.32. The van der Waals surface area contributed by atoms with Crippen molar-refractivity contribution < 1.29 is 18.0 Å². The van der Waals surface area contributed by atoms with Gasteiger partial charge in [0.25, 0.3) is 5.91 Å². The second kappa shape index (κ2) is 8.02. The second-order valence-electron chi connectivity index (χ2n) is 7.99. The van der Waals surface area contributed by atoms with E-state index in [1.165, 1.54) is 17.7 Å². The van der Waals surface area contributed by atoms with Crippen molar-refractivity contribution in [2.24, 2.45) is 5.92 Å². The predicted molar refractivity (Wildman–Crippen MR) is 104 cm³/mol. The molecule has 1 aliphatic carbocycles. The van der Waals surface area contributed by atoms with Gasteiger partial charge in [0.1, 0.15) is 5.69 Å². The van der Waals surface area contributed by atoms with Gasteiger partial charge in [0, 0.05) is 18.8 Å². The minimum Gasteiger partial charge on any atom is -0.350 e. The lowest BCUT2D eigenvalue weighted by Gasteiger charge is -2.18. The van der Waals surface area contributed by atoms with E-state index in [0.717, 1.165) is 43.0 Å². The van der Waals surface area contributed by atoms with Gasteiger partial charge in [-0.1, -0.05) is 26.0 Å². The minimum atomic E-state index is -4.38. The number of nitrogens with one attached hydrogen (secondary N) is 1. The highest BCUT2D eigenvalue weighted by atomic mass is 19.4. The molecule has 1 aromatic carbocycles. The Hall–Kier alpha value is -2.24. The Balaban J connectivity index is 2.01. The van der Waals surface area contributed by atoms with Gasteiger partial charge in [0.2, 0.25) is 0 Å². The zero-order valence-corrected chi connectivity index (χ0v) is 16.6. The van der Waals surface area contributed by atoms with E-state index in [9.17, 15) is 18.0 Å². The first-order valence-electron chi connectivity index (χ1n) is 9.83. The smallest absolute Gasteiger partial charge is 0.350 e. The maximum atomic E-state index is 13.1. The van der Waals surface area contributed by atoms with Crippen molar-refractivity contribution in [2.75, 3.05) is 6.54 Å². The second-order valence-corrected chi connectivity index (χ2v) is 7.99. The molecule has 6 heteroatoms. The number of carbonyl (C=O) groups is 1. The quantitative estimate of drug-likeness (QED) is 0.752. The molecule has 0 aliphatic heterocycles. The van der Waals surface area contributed by atoms with Crippen LogP contribution in [-0.2, 0) is 25.6 Å². The van der Waals surface area contributed by atoms with E-state index in [4.69, 9.17) is 0 Å². The Kier molecular flexibility index (Phi) is 5.87. The Morgan fingerprint density at radius 2 is 1.93 bits per heavy atom. The van der Waals surface area contributed by atoms with Crippen LogP contribution in [0.4, 0.5) is 13.2 Å². The minimum absolute atomic E-state index is 0.146. The van der Waals surface area contributed by atoms with E-state index in [2.05, 4.69) is 5.32 Å². The molecule has 1 amide bonds. The van der Waals surface area contributed by atoms with Crippen LogP contribution in [0.25, 0.3) is 0 Å². The molecule has 1 heterocycles. The summed E-state index contributed by atoms with van der Waals surface area (Å²) in [7, 11) is 0. The van der Waals surface area contributed by atoms with Crippen LogP contribution < -0.4 is 5.32 Å². The Morgan fingerprint density at radius 3 is 2.61 bits per heavy atom. The molecular formula is C22H27F3N2O. The number of halogens is 3. The summed E-state index contributed by atoms with van der Waals surface area (Å²) in [5.41, 5.74) is 3.72. The standard InChI is InChI=1S/C22H27F3N2O/c1-14(2)12-26-21(28)20-15(3)18-9-4-5-10-19(18)27(20)13-16-7-6-8-17(11-16)22(23,24)25/h6-8,11,14H,4-5,9-10,12-13H2,1-3H3,(H,26,28). The zero-order valence-electron chi connectivity index (χ0n) is 16.6. The van der Waals surface area contributed by atoms with Gasteiger partial charge in [-0.3, -0.25) is 4.79 Å². The van der Waals surface area contributed by atoms with Crippen LogP contribution in [0, 0.1) is 12.8 Å². The SMILES string of the molecule is Cc1c2c(n(Cc3cccc(C(F)(F)F)c3)c1C(=O)NCC(C)C)CCCC2. The van der Waals surface area contributed by atoms with E-state index >= 15 is 0 Å². The maximum Gasteiger partial charge on any atom is 0.416 e. The molecule has 3 nitrogen and oxygen atoms in total. The van der Waals surface area contributed by atoms with Crippen molar-refractivity contribution in [1.29, 1.82) is 0 Å². The number of amides is 1. The molecule has 0 saturated carbocycles. The fraction of sp³-hybridized carbons (Fsp3) is 0.500. The van der Waals surface area contributed by atoms with Crippen molar-refractivity contribution >= 4 is 5.91 Å². The van der Waals surface area contributed by atoms with Crippen molar-refractivity contribution in [3.8, 4) is 0 Å². The van der Waals surface area contributed by atoms with Crippen molar-refractivity contribution in [3.05, 3.63) is 57.9 Å². The summed E-state index contributed by atoms with van der Waals surface area (Å²) < 4.78 is 41.2. The highest BCUT2D eigenvalue weighted by Crippen LogP contribution is 2.32. The fourth-order valence-corrected chi connectivity index (χ4v) is 3.95. The lowest BCUT2D eigenvalue weighted by molar-refractivity contribution is -0.137. The summed E-state index contributed by atoms with van der Waals surface area (Å²) in [4.78, 5) is 12.9. The van der Waals surface area contributed by atoms with E-state index in [0.29, 0.717) is 23.7 Å². The number of alkyl halides is 3. The monoisotopic (exact) mass is 392 g/mol. The topological polar surface area (TPSA) is 34.0 Å². The van der Waals surface area contributed by atoms with Gasteiger partial charge >= 0.3 is 6.18 Å². The molecule has 0 atom stereocenters. The van der Waals surface area contributed by atoms with Crippen LogP contribution in [0.5, 0.6) is 0 Å². The molecular weight excluding hydrogens is 365 g/mol. The summed E-state index contributed by atoms with van der Waals surface area (Å²) in [5, 5.41) is 2.97. The van der Waals surface area contributed by atoms with Gasteiger partial charge in [0.15, 0.2) is 0 Å². The summed E-state index contributed by atoms with van der Waals surface area (Å²) in [6.07, 6.45) is -0.492. The van der Waals surface area contributed by atoms with Crippen molar-refractivity contribution in [3.63, 3.8) is 0 Å². The highest BCUT2D eigenvalue weighted by Gasteiger charge is 2.31. The highest BCUT2D eigenvalue weighted by molar-refractivity contribution is 5.95. The average Bonchev–Trinajstić information content (AvgIpc) is 2.92. The molecule has 152 valence electrons. The Bertz CT molecular complexity index is 865. The lowest BCUT2D eigenvalue weighted by Crippen LogP contribution is -2.30. The first-order chi connectivity index (χ1) is 13.2. The van der Waals surface area contributed by atoms with Crippen LogP contribution in [-0.4, -0.2) is 17.0 Å². The molecule has 2 aromatic rings. The van der Waals surface area contributed by atoms with Crippen molar-refractivity contribution in [2.45, 2.75) is 59.2 Å². The molecule has 0 spiro atoms. The number of rotatable bonds is 5. The summed E-state index contributed by atoms with van der Waals surface area (Å²) in [6, 6.07) is 5.38. The number of hydrogen-bond donors (Lipinski definition) is 1. The van der Waals surface area contributed by atoms with Gasteiger partial charge < -0.3 is 9.88 Å². The van der Waals surface area contributed by atoms with Gasteiger partial charge in [-0.2, -0.15) is 13.2 Å². The number of nitrogens with zero attached hydrogens (tertiary/aromatic N) is 1. The maximum absolute atomic E-state index is 13.1. The first kappa shape index (κ1) is 20.5. The van der Waals surface area contributed by atoms with Crippen LogP contribution in [0.2, 0.25) is 0 Å².